The molecule has 0 spiro atoms. The molecule has 0 saturated heterocycles. The molecule has 14 heavy (non-hydrogen) atoms. The van der Waals surface area contributed by atoms with Gasteiger partial charge < -0.3 is 10.5 Å². The van der Waals surface area contributed by atoms with E-state index in [-0.39, 0.29) is 5.11 Å². The van der Waals surface area contributed by atoms with Gasteiger partial charge in [-0.1, -0.05) is 0 Å². The monoisotopic (exact) mass is 211 g/mol. The fourth-order valence-corrected chi connectivity index (χ4v) is 1.10. The minimum atomic E-state index is 0.133. The van der Waals surface area contributed by atoms with E-state index in [9.17, 15) is 0 Å². The second-order valence-corrected chi connectivity index (χ2v) is 3.05. The lowest BCUT2D eigenvalue weighted by Crippen LogP contribution is -2.41. The summed E-state index contributed by atoms with van der Waals surface area (Å²) in [5.41, 5.74) is 6.10. The van der Waals surface area contributed by atoms with Gasteiger partial charge in [0.25, 0.3) is 0 Å². The second-order valence-electron chi connectivity index (χ2n) is 2.64. The highest BCUT2D eigenvalue weighted by atomic mass is 32.1. The highest BCUT2D eigenvalue weighted by Crippen LogP contribution is 2.17. The number of benzene rings is 1. The molecular formula is C9H13N3OS. The van der Waals surface area contributed by atoms with E-state index < -0.39 is 0 Å². The van der Waals surface area contributed by atoms with Crippen molar-refractivity contribution >= 4 is 23.0 Å². The Bertz CT molecular complexity index is 312. The first-order chi connectivity index (χ1) is 6.65. The van der Waals surface area contributed by atoms with Crippen LogP contribution >= 0.6 is 12.2 Å². The summed E-state index contributed by atoms with van der Waals surface area (Å²) in [6.07, 6.45) is 0. The first-order valence-corrected chi connectivity index (χ1v) is 4.63. The first kappa shape index (κ1) is 10.7. The number of ether oxygens (including phenoxy) is 1. The fourth-order valence-electron chi connectivity index (χ4n) is 0.997. The Kier molecular flexibility index (Phi) is 3.67. The number of hydrogen-bond donors (Lipinski definition) is 2. The molecule has 76 valence electrons. The zero-order valence-electron chi connectivity index (χ0n) is 7.93. The molecule has 4 nitrogen and oxygen atoms in total. The van der Waals surface area contributed by atoms with E-state index in [0.717, 1.165) is 11.4 Å². The summed E-state index contributed by atoms with van der Waals surface area (Å²) in [6, 6.07) is 7.22. The zero-order valence-corrected chi connectivity index (χ0v) is 8.75. The van der Waals surface area contributed by atoms with Crippen molar-refractivity contribution in [3.05, 3.63) is 24.3 Å². The molecule has 0 bridgehead atoms. The van der Waals surface area contributed by atoms with Crippen LogP contribution in [0.4, 0.5) is 5.69 Å². The van der Waals surface area contributed by atoms with Gasteiger partial charge in [0.05, 0.1) is 12.3 Å². The van der Waals surface area contributed by atoms with Crippen LogP contribution in [-0.4, -0.2) is 11.7 Å². The van der Waals surface area contributed by atoms with Crippen LogP contribution in [-0.2, 0) is 0 Å². The second kappa shape index (κ2) is 4.78. The van der Waals surface area contributed by atoms with Gasteiger partial charge >= 0.3 is 0 Å². The van der Waals surface area contributed by atoms with E-state index in [0.29, 0.717) is 6.61 Å². The summed E-state index contributed by atoms with van der Waals surface area (Å²) in [7, 11) is 0. The third-order valence-electron chi connectivity index (χ3n) is 1.66. The average Bonchev–Trinajstić information content (AvgIpc) is 2.18. The molecule has 0 saturated carbocycles. The predicted molar refractivity (Wildman–Crippen MR) is 61.1 cm³/mol. The summed E-state index contributed by atoms with van der Waals surface area (Å²) in [5, 5.41) is 1.37. The number of nitrogens with zero attached hydrogens (tertiary/aromatic N) is 1. The number of thiocarbonyl (C=S) groups is 1. The number of rotatable bonds is 3. The Morgan fingerprint density at radius 2 is 2.00 bits per heavy atom. The average molecular weight is 211 g/mol. The minimum absolute atomic E-state index is 0.133. The lowest BCUT2D eigenvalue weighted by molar-refractivity contribution is 0.340. The maximum absolute atomic E-state index is 5.59. The molecule has 1 aromatic carbocycles. The van der Waals surface area contributed by atoms with Crippen molar-refractivity contribution < 1.29 is 4.74 Å². The smallest absolute Gasteiger partial charge is 0.185 e. The van der Waals surface area contributed by atoms with Gasteiger partial charge in [0, 0.05) is 0 Å². The van der Waals surface area contributed by atoms with E-state index in [4.69, 9.17) is 28.5 Å². The lowest BCUT2D eigenvalue weighted by Gasteiger charge is -2.16. The molecule has 0 aromatic heterocycles. The van der Waals surface area contributed by atoms with Crippen molar-refractivity contribution in [2.75, 3.05) is 11.6 Å². The van der Waals surface area contributed by atoms with Gasteiger partial charge in [-0.2, -0.15) is 0 Å². The Morgan fingerprint density at radius 1 is 1.43 bits per heavy atom. The highest BCUT2D eigenvalue weighted by molar-refractivity contribution is 7.80. The third-order valence-corrected chi connectivity index (χ3v) is 1.86. The van der Waals surface area contributed by atoms with Crippen molar-refractivity contribution in [2.24, 2.45) is 11.6 Å². The fraction of sp³-hybridized carbons (Fsp3) is 0.222. The topological polar surface area (TPSA) is 64.5 Å². The van der Waals surface area contributed by atoms with Crippen molar-refractivity contribution in [3.63, 3.8) is 0 Å². The third kappa shape index (κ3) is 2.58. The van der Waals surface area contributed by atoms with E-state index in [1.807, 2.05) is 19.1 Å². The van der Waals surface area contributed by atoms with Crippen LogP contribution in [0.5, 0.6) is 5.75 Å². The predicted octanol–water partition coefficient (Wildman–Crippen LogP) is 1.01. The van der Waals surface area contributed by atoms with Crippen LogP contribution in [0.3, 0.4) is 0 Å². The highest BCUT2D eigenvalue weighted by Gasteiger charge is 2.03. The molecule has 0 unspecified atom stereocenters. The van der Waals surface area contributed by atoms with Crippen LogP contribution in [0.15, 0.2) is 24.3 Å². The first-order valence-electron chi connectivity index (χ1n) is 4.22. The lowest BCUT2D eigenvalue weighted by atomic mass is 10.3. The Labute approximate surface area is 88.4 Å². The zero-order chi connectivity index (χ0) is 10.6. The van der Waals surface area contributed by atoms with Crippen LogP contribution < -0.4 is 21.3 Å². The molecular weight excluding hydrogens is 198 g/mol. The van der Waals surface area contributed by atoms with Gasteiger partial charge in [-0.25, -0.2) is 5.84 Å². The van der Waals surface area contributed by atoms with Crippen molar-refractivity contribution in [3.8, 4) is 5.75 Å². The summed E-state index contributed by atoms with van der Waals surface area (Å²) in [4.78, 5) is 0. The maximum atomic E-state index is 5.59. The van der Waals surface area contributed by atoms with Crippen LogP contribution in [0, 0.1) is 0 Å². The Balaban J connectivity index is 2.77. The SMILES string of the molecule is CCOc1ccc(N(N)C(N)=S)cc1. The molecule has 0 aliphatic heterocycles. The molecule has 5 heteroatoms. The molecule has 0 aliphatic rings. The summed E-state index contributed by atoms with van der Waals surface area (Å²) < 4.78 is 5.28. The van der Waals surface area contributed by atoms with Gasteiger partial charge in [-0.3, -0.25) is 5.01 Å². The van der Waals surface area contributed by atoms with Crippen molar-refractivity contribution in [1.29, 1.82) is 0 Å². The van der Waals surface area contributed by atoms with Gasteiger partial charge in [0.1, 0.15) is 5.75 Å². The van der Waals surface area contributed by atoms with Crippen molar-refractivity contribution in [1.82, 2.24) is 0 Å². The molecule has 0 atom stereocenters. The van der Waals surface area contributed by atoms with Gasteiger partial charge in [-0.05, 0) is 43.4 Å². The minimum Gasteiger partial charge on any atom is -0.494 e. The largest absolute Gasteiger partial charge is 0.494 e. The van der Waals surface area contributed by atoms with E-state index in [1.54, 1.807) is 12.1 Å². The summed E-state index contributed by atoms with van der Waals surface area (Å²) in [5.74, 6) is 6.39. The van der Waals surface area contributed by atoms with Gasteiger partial charge in [-0.15, -0.1) is 0 Å². The molecule has 0 aliphatic carbocycles. The standard InChI is InChI=1S/C9H13N3OS/c1-2-13-8-5-3-7(4-6-8)12(11)9(10)14/h3-6H,2,11H2,1H3,(H2,10,14). The van der Waals surface area contributed by atoms with E-state index in [1.165, 1.54) is 5.01 Å². The van der Waals surface area contributed by atoms with E-state index >= 15 is 0 Å². The van der Waals surface area contributed by atoms with Crippen LogP contribution in [0.25, 0.3) is 0 Å². The molecule has 4 N–H and O–H groups in total. The quantitative estimate of drug-likeness (QED) is 0.444. The normalized spacial score (nSPS) is 9.57. The number of hydrazine groups is 1. The molecule has 0 heterocycles. The molecule has 0 fully saturated rings. The molecule has 0 amide bonds. The van der Waals surface area contributed by atoms with Gasteiger partial charge in [0.2, 0.25) is 0 Å². The summed E-state index contributed by atoms with van der Waals surface area (Å²) in [6.45, 7) is 2.57. The Morgan fingerprint density at radius 3 is 2.43 bits per heavy atom. The number of hydrogen-bond acceptors (Lipinski definition) is 3. The van der Waals surface area contributed by atoms with Crippen LogP contribution in [0.1, 0.15) is 6.92 Å². The molecule has 1 aromatic rings. The molecule has 1 rings (SSSR count). The maximum Gasteiger partial charge on any atom is 0.185 e. The summed E-state index contributed by atoms with van der Waals surface area (Å²) >= 11 is 4.73. The Hall–Kier alpha value is -1.33. The van der Waals surface area contributed by atoms with Crippen molar-refractivity contribution in [2.45, 2.75) is 6.92 Å². The van der Waals surface area contributed by atoms with E-state index in [2.05, 4.69) is 0 Å². The number of nitrogens with two attached hydrogens (primary N) is 2. The van der Waals surface area contributed by atoms with Gasteiger partial charge in [0.15, 0.2) is 5.11 Å². The molecule has 0 radical (unpaired) electrons. The van der Waals surface area contributed by atoms with Crippen LogP contribution in [0.2, 0.25) is 0 Å². The number of anilines is 1.